The van der Waals surface area contributed by atoms with E-state index < -0.39 is 39.7 Å². The average molecular weight is 326 g/mol. The van der Waals surface area contributed by atoms with Gasteiger partial charge in [-0.2, -0.15) is 0 Å². The minimum atomic E-state index is -4.85. The van der Waals surface area contributed by atoms with Crippen LogP contribution in [0.5, 0.6) is 5.75 Å². The van der Waals surface area contributed by atoms with Crippen LogP contribution < -0.4 is 15.8 Å². The van der Waals surface area contributed by atoms with Crippen LogP contribution in [-0.2, 0) is 14.6 Å². The molecule has 0 aliphatic carbocycles. The first-order chi connectivity index (χ1) is 9.46. The normalized spacial score (nSPS) is 13.6. The Balaban J connectivity index is 2.75. The van der Waals surface area contributed by atoms with Crippen molar-refractivity contribution in [3.05, 3.63) is 24.3 Å². The fraction of sp³-hybridized carbons (Fsp3) is 0.364. The fourth-order valence-electron chi connectivity index (χ4n) is 1.41. The van der Waals surface area contributed by atoms with E-state index in [4.69, 9.17) is 5.73 Å². The number of rotatable bonds is 5. The number of ether oxygens (including phenoxy) is 1. The monoisotopic (exact) mass is 326 g/mol. The van der Waals surface area contributed by atoms with Gasteiger partial charge < -0.3 is 15.8 Å². The Hall–Kier alpha value is -1.81. The number of halogens is 3. The Labute approximate surface area is 119 Å². The molecule has 21 heavy (non-hydrogen) atoms. The first-order valence-corrected chi connectivity index (χ1v) is 7.62. The van der Waals surface area contributed by atoms with Crippen molar-refractivity contribution >= 4 is 21.4 Å². The number of hydrogen-bond acceptors (Lipinski definition) is 5. The van der Waals surface area contributed by atoms with Gasteiger partial charge in [0.15, 0.2) is 0 Å². The van der Waals surface area contributed by atoms with E-state index in [-0.39, 0.29) is 5.69 Å². The third-order valence-corrected chi connectivity index (χ3v) is 3.12. The number of nitrogens with two attached hydrogens (primary N) is 1. The van der Waals surface area contributed by atoms with Crippen molar-refractivity contribution in [1.82, 2.24) is 0 Å². The molecule has 1 amide bonds. The van der Waals surface area contributed by atoms with Crippen LogP contribution in [0, 0.1) is 0 Å². The van der Waals surface area contributed by atoms with E-state index in [0.717, 1.165) is 18.4 Å². The van der Waals surface area contributed by atoms with Crippen LogP contribution in [0.2, 0.25) is 0 Å². The van der Waals surface area contributed by atoms with Gasteiger partial charge in [0.1, 0.15) is 15.6 Å². The second kappa shape index (κ2) is 6.31. The van der Waals surface area contributed by atoms with Crippen LogP contribution in [-0.4, -0.2) is 38.7 Å². The fourth-order valence-corrected chi connectivity index (χ4v) is 2.21. The quantitative estimate of drug-likeness (QED) is 0.837. The van der Waals surface area contributed by atoms with Crippen molar-refractivity contribution in [2.45, 2.75) is 12.4 Å². The minimum Gasteiger partial charge on any atom is -0.406 e. The molecule has 118 valence electrons. The van der Waals surface area contributed by atoms with Crippen molar-refractivity contribution < 1.29 is 31.1 Å². The lowest BCUT2D eigenvalue weighted by atomic mass is 10.2. The van der Waals surface area contributed by atoms with E-state index in [1.54, 1.807) is 0 Å². The predicted molar refractivity (Wildman–Crippen MR) is 69.4 cm³/mol. The maximum absolute atomic E-state index is 12.1. The number of sulfone groups is 1. The third-order valence-electron chi connectivity index (χ3n) is 2.15. The highest BCUT2D eigenvalue weighted by Crippen LogP contribution is 2.25. The van der Waals surface area contributed by atoms with Crippen molar-refractivity contribution in [1.29, 1.82) is 0 Å². The first kappa shape index (κ1) is 17.2. The Morgan fingerprint density at radius 1 is 1.43 bits per heavy atom. The molecule has 0 bridgehead atoms. The van der Waals surface area contributed by atoms with Crippen LogP contribution in [0.1, 0.15) is 0 Å². The van der Waals surface area contributed by atoms with Crippen LogP contribution in [0.3, 0.4) is 0 Å². The number of alkyl halides is 3. The summed E-state index contributed by atoms with van der Waals surface area (Å²) in [5, 5.41) is 2.21. The molecular formula is C11H13F3N2O4S. The second-order valence-corrected chi connectivity index (χ2v) is 6.45. The van der Waals surface area contributed by atoms with E-state index in [2.05, 4.69) is 10.1 Å². The number of benzene rings is 1. The summed E-state index contributed by atoms with van der Waals surface area (Å²) >= 11 is 0. The molecule has 1 unspecified atom stereocenters. The molecule has 0 saturated heterocycles. The standard InChI is InChI=1S/C11H13F3N2O4S/c1-21(18,19)6-9(15)10(17)16-7-3-2-4-8(5-7)20-11(12,13)14/h2-5,9H,6,15H2,1H3,(H,16,17). The van der Waals surface area contributed by atoms with Crippen LogP contribution in [0.4, 0.5) is 18.9 Å². The molecule has 6 nitrogen and oxygen atoms in total. The van der Waals surface area contributed by atoms with Crippen LogP contribution >= 0.6 is 0 Å². The molecule has 0 radical (unpaired) electrons. The van der Waals surface area contributed by atoms with Crippen molar-refractivity contribution in [2.24, 2.45) is 5.73 Å². The van der Waals surface area contributed by atoms with Gasteiger partial charge >= 0.3 is 6.36 Å². The smallest absolute Gasteiger partial charge is 0.406 e. The van der Waals surface area contributed by atoms with Gasteiger partial charge in [0.2, 0.25) is 5.91 Å². The second-order valence-electron chi connectivity index (χ2n) is 4.26. The zero-order valence-corrected chi connectivity index (χ0v) is 11.7. The Morgan fingerprint density at radius 3 is 2.57 bits per heavy atom. The third kappa shape index (κ3) is 6.95. The zero-order valence-electron chi connectivity index (χ0n) is 10.8. The molecule has 0 aliphatic heterocycles. The van der Waals surface area contributed by atoms with Gasteiger partial charge in [-0.25, -0.2) is 8.42 Å². The summed E-state index contributed by atoms with van der Waals surface area (Å²) in [6, 6.07) is 3.22. The molecule has 1 aromatic carbocycles. The van der Waals surface area contributed by atoms with Crippen LogP contribution in [0.15, 0.2) is 24.3 Å². The van der Waals surface area contributed by atoms with Gasteiger partial charge in [0.05, 0.1) is 11.8 Å². The Morgan fingerprint density at radius 2 is 2.05 bits per heavy atom. The highest BCUT2D eigenvalue weighted by atomic mass is 32.2. The maximum atomic E-state index is 12.1. The maximum Gasteiger partial charge on any atom is 0.573 e. The summed E-state index contributed by atoms with van der Waals surface area (Å²) in [6.07, 6.45) is -3.94. The van der Waals surface area contributed by atoms with Gasteiger partial charge in [-0.1, -0.05) is 6.07 Å². The molecule has 3 N–H and O–H groups in total. The molecular weight excluding hydrogens is 313 g/mol. The lowest BCUT2D eigenvalue weighted by Gasteiger charge is -2.13. The Bertz CT molecular complexity index is 616. The SMILES string of the molecule is CS(=O)(=O)CC(N)C(=O)Nc1cccc(OC(F)(F)F)c1. The van der Waals surface area contributed by atoms with Gasteiger partial charge in [-0.05, 0) is 12.1 Å². The first-order valence-electron chi connectivity index (χ1n) is 5.56. The summed E-state index contributed by atoms with van der Waals surface area (Å²) in [5.41, 5.74) is 5.39. The largest absolute Gasteiger partial charge is 0.573 e. The van der Waals surface area contributed by atoms with E-state index in [1.807, 2.05) is 0 Å². The van der Waals surface area contributed by atoms with E-state index in [9.17, 15) is 26.4 Å². The molecule has 0 aliphatic rings. The topological polar surface area (TPSA) is 98.5 Å². The summed E-state index contributed by atoms with van der Waals surface area (Å²) in [6.45, 7) is 0. The summed E-state index contributed by atoms with van der Waals surface area (Å²) in [4.78, 5) is 11.6. The summed E-state index contributed by atoms with van der Waals surface area (Å²) in [5.74, 6) is -1.92. The van der Waals surface area contributed by atoms with E-state index >= 15 is 0 Å². The summed E-state index contributed by atoms with van der Waals surface area (Å²) < 4.78 is 61.9. The number of hydrogen-bond donors (Lipinski definition) is 2. The van der Waals surface area contributed by atoms with Crippen molar-refractivity contribution in [2.75, 3.05) is 17.3 Å². The number of anilines is 1. The predicted octanol–water partition coefficient (Wildman–Crippen LogP) is 0.896. The zero-order chi connectivity index (χ0) is 16.3. The molecule has 1 aromatic rings. The van der Waals surface area contributed by atoms with Gasteiger partial charge in [0, 0.05) is 18.0 Å². The lowest BCUT2D eigenvalue weighted by molar-refractivity contribution is -0.274. The minimum absolute atomic E-state index is 0.00528. The van der Waals surface area contributed by atoms with Gasteiger partial charge in [-0.15, -0.1) is 13.2 Å². The highest BCUT2D eigenvalue weighted by molar-refractivity contribution is 7.90. The highest BCUT2D eigenvalue weighted by Gasteiger charge is 2.31. The molecule has 10 heteroatoms. The molecule has 0 spiro atoms. The lowest BCUT2D eigenvalue weighted by Crippen LogP contribution is -2.41. The summed E-state index contributed by atoms with van der Waals surface area (Å²) in [7, 11) is -3.45. The number of carbonyl (C=O) groups is 1. The molecule has 0 saturated carbocycles. The average Bonchev–Trinajstić information content (AvgIpc) is 2.24. The molecule has 0 heterocycles. The number of nitrogens with one attached hydrogen (secondary N) is 1. The molecule has 0 fully saturated rings. The van der Waals surface area contributed by atoms with E-state index in [1.165, 1.54) is 12.1 Å². The van der Waals surface area contributed by atoms with Crippen LogP contribution in [0.25, 0.3) is 0 Å². The number of carbonyl (C=O) groups excluding carboxylic acids is 1. The van der Waals surface area contributed by atoms with Gasteiger partial charge in [-0.3, -0.25) is 4.79 Å². The van der Waals surface area contributed by atoms with Crippen molar-refractivity contribution in [3.63, 3.8) is 0 Å². The Kier molecular flexibility index (Phi) is 5.18. The number of amides is 1. The van der Waals surface area contributed by atoms with Gasteiger partial charge in [0.25, 0.3) is 0 Å². The molecule has 0 aromatic heterocycles. The van der Waals surface area contributed by atoms with E-state index in [0.29, 0.717) is 0 Å². The molecule has 1 rings (SSSR count). The molecule has 1 atom stereocenters. The van der Waals surface area contributed by atoms with Crippen molar-refractivity contribution in [3.8, 4) is 5.75 Å².